The fourth-order valence-electron chi connectivity index (χ4n) is 2.04. The van der Waals surface area contributed by atoms with Crippen LogP contribution in [0, 0.1) is 0 Å². The molecule has 1 aliphatic heterocycles. The van der Waals surface area contributed by atoms with Gasteiger partial charge in [0.2, 0.25) is 0 Å². The van der Waals surface area contributed by atoms with E-state index >= 15 is 0 Å². The van der Waals surface area contributed by atoms with Gasteiger partial charge in [-0.2, -0.15) is 0 Å². The summed E-state index contributed by atoms with van der Waals surface area (Å²) in [6.07, 6.45) is -1.34. The van der Waals surface area contributed by atoms with Gasteiger partial charge in [0.05, 0.1) is 0 Å². The number of carbonyl (C=O) groups is 3. The lowest BCUT2D eigenvalue weighted by atomic mass is 9.76. The third kappa shape index (κ3) is 2.33. The fraction of sp³-hybridized carbons (Fsp3) is 0.727. The highest BCUT2D eigenvalue weighted by atomic mass is 79.9. The molecule has 1 heterocycles. The minimum Gasteiger partial charge on any atom is -0.463 e. The number of alkyl halides is 1. The number of ether oxygens (including phenoxy) is 2. The van der Waals surface area contributed by atoms with Gasteiger partial charge >= 0.3 is 5.97 Å². The number of halogens is 1. The Hall–Kier alpha value is -0.830. The Balaban J connectivity index is 3.19. The number of carbonyl (C=O) groups excluding carboxylic acids is 3. The van der Waals surface area contributed by atoms with Gasteiger partial charge in [-0.25, -0.2) is 0 Å². The second-order valence-corrected chi connectivity index (χ2v) is 5.22. The van der Waals surface area contributed by atoms with Crippen LogP contribution in [0.25, 0.3) is 0 Å². The van der Waals surface area contributed by atoms with Crippen LogP contribution < -0.4 is 0 Å². The van der Waals surface area contributed by atoms with E-state index in [0.29, 0.717) is 0 Å². The van der Waals surface area contributed by atoms with E-state index in [9.17, 15) is 24.6 Å². The summed E-state index contributed by atoms with van der Waals surface area (Å²) in [6.45, 7) is 2.73. The molecule has 0 aromatic heterocycles. The average Bonchev–Trinajstić information content (AvgIpc) is 2.49. The number of aliphatic hydroxyl groups is 2. The van der Waals surface area contributed by atoms with Gasteiger partial charge in [-0.1, -0.05) is 15.9 Å². The lowest BCUT2D eigenvalue weighted by Crippen LogP contribution is -2.66. The number of rotatable bonds is 4. The maximum atomic E-state index is 11.7. The zero-order valence-electron chi connectivity index (χ0n) is 10.7. The molecule has 0 saturated carbocycles. The van der Waals surface area contributed by atoms with Crippen molar-refractivity contribution in [2.75, 3.05) is 6.61 Å². The standard InChI is InChI=1S/C11H15BrO7/c1-5(13)10(16)8(4-18-7(3)15)19-9(12)11(10,17)6(2)14/h8-9,16-17H,4H2,1-3H3/t8-,9?,10-,11+/m1/s1. The largest absolute Gasteiger partial charge is 0.463 e. The van der Waals surface area contributed by atoms with Gasteiger partial charge < -0.3 is 19.7 Å². The van der Waals surface area contributed by atoms with E-state index in [1.165, 1.54) is 0 Å². The SMILES string of the molecule is CC(=O)OC[C@H]1OC(Br)[C@@](O)(C(C)=O)[C@@]1(O)C(C)=O. The number of Topliss-reactive ketones (excluding diaryl/α,β-unsaturated/α-hetero) is 2. The zero-order chi connectivity index (χ0) is 15.0. The molecular formula is C11H15BrO7. The summed E-state index contributed by atoms with van der Waals surface area (Å²) in [5.41, 5.74) is -4.92. The predicted octanol–water partition coefficient (Wildman–Crippen LogP) is -0.691. The zero-order valence-corrected chi connectivity index (χ0v) is 12.3. The van der Waals surface area contributed by atoms with Crippen molar-refractivity contribution in [3.8, 4) is 0 Å². The molecule has 0 amide bonds. The van der Waals surface area contributed by atoms with Crippen LogP contribution in [0.5, 0.6) is 0 Å². The van der Waals surface area contributed by atoms with Crippen molar-refractivity contribution in [2.45, 2.75) is 43.1 Å². The molecular weight excluding hydrogens is 324 g/mol. The number of hydrogen-bond acceptors (Lipinski definition) is 7. The van der Waals surface area contributed by atoms with Crippen LogP contribution >= 0.6 is 15.9 Å². The topological polar surface area (TPSA) is 110 Å². The Labute approximate surface area is 118 Å². The van der Waals surface area contributed by atoms with Gasteiger partial charge in [-0.3, -0.25) is 14.4 Å². The molecule has 0 spiro atoms. The normalized spacial score (nSPS) is 38.0. The van der Waals surface area contributed by atoms with Crippen LogP contribution in [0.15, 0.2) is 0 Å². The van der Waals surface area contributed by atoms with Crippen LogP contribution in [-0.4, -0.2) is 56.7 Å². The monoisotopic (exact) mass is 338 g/mol. The molecule has 4 atom stereocenters. The van der Waals surface area contributed by atoms with Crippen molar-refractivity contribution in [3.63, 3.8) is 0 Å². The molecule has 2 N–H and O–H groups in total. The van der Waals surface area contributed by atoms with E-state index in [4.69, 9.17) is 4.74 Å². The summed E-state index contributed by atoms with van der Waals surface area (Å²) in [6, 6.07) is 0. The summed E-state index contributed by atoms with van der Waals surface area (Å²) < 4.78 is 9.84. The van der Waals surface area contributed by atoms with Crippen LogP contribution in [-0.2, 0) is 23.9 Å². The van der Waals surface area contributed by atoms with Crippen molar-refractivity contribution < 1.29 is 34.1 Å². The quantitative estimate of drug-likeness (QED) is 0.515. The molecule has 19 heavy (non-hydrogen) atoms. The third-order valence-corrected chi connectivity index (χ3v) is 4.05. The van der Waals surface area contributed by atoms with Crippen molar-refractivity contribution >= 4 is 33.5 Å². The summed E-state index contributed by atoms with van der Waals surface area (Å²) >= 11 is 2.91. The van der Waals surface area contributed by atoms with Gasteiger partial charge in [-0.15, -0.1) is 0 Å². The molecule has 1 saturated heterocycles. The van der Waals surface area contributed by atoms with Crippen LogP contribution in [0.4, 0.5) is 0 Å². The smallest absolute Gasteiger partial charge is 0.302 e. The minimum atomic E-state index is -2.48. The van der Waals surface area contributed by atoms with Crippen LogP contribution in [0.2, 0.25) is 0 Å². The predicted molar refractivity (Wildman–Crippen MR) is 65.5 cm³/mol. The van der Waals surface area contributed by atoms with Gasteiger partial charge in [0.1, 0.15) is 12.7 Å². The maximum absolute atomic E-state index is 11.7. The maximum Gasteiger partial charge on any atom is 0.302 e. The van der Waals surface area contributed by atoms with E-state index in [1.807, 2.05) is 0 Å². The first-order chi connectivity index (χ1) is 8.58. The Morgan fingerprint density at radius 2 is 1.63 bits per heavy atom. The van der Waals surface area contributed by atoms with Gasteiger partial charge in [-0.05, 0) is 13.8 Å². The Morgan fingerprint density at radius 1 is 1.16 bits per heavy atom. The molecule has 1 rings (SSSR count). The molecule has 0 aliphatic carbocycles. The first-order valence-corrected chi connectivity index (χ1v) is 6.39. The van der Waals surface area contributed by atoms with E-state index in [1.54, 1.807) is 0 Å². The van der Waals surface area contributed by atoms with E-state index < -0.39 is 46.5 Å². The highest BCUT2D eigenvalue weighted by molar-refractivity contribution is 9.09. The molecule has 1 fully saturated rings. The summed E-state index contributed by atoms with van der Waals surface area (Å²) in [5.74, 6) is -2.33. The van der Waals surface area contributed by atoms with Crippen molar-refractivity contribution in [3.05, 3.63) is 0 Å². The van der Waals surface area contributed by atoms with E-state index in [-0.39, 0.29) is 0 Å². The van der Waals surface area contributed by atoms with Gasteiger partial charge in [0, 0.05) is 6.92 Å². The van der Waals surface area contributed by atoms with Crippen molar-refractivity contribution in [1.82, 2.24) is 0 Å². The Bertz CT molecular complexity index is 423. The third-order valence-electron chi connectivity index (χ3n) is 3.17. The van der Waals surface area contributed by atoms with E-state index in [0.717, 1.165) is 20.8 Å². The molecule has 0 bridgehead atoms. The second-order valence-electron chi connectivity index (χ2n) is 4.39. The van der Waals surface area contributed by atoms with Gasteiger partial charge in [0.15, 0.2) is 27.8 Å². The van der Waals surface area contributed by atoms with Gasteiger partial charge in [0.25, 0.3) is 0 Å². The summed E-state index contributed by atoms with van der Waals surface area (Å²) in [5, 5.41) is 19.5. The first-order valence-electron chi connectivity index (χ1n) is 5.48. The van der Waals surface area contributed by atoms with Crippen molar-refractivity contribution in [2.24, 2.45) is 0 Å². The van der Waals surface area contributed by atoms with Crippen LogP contribution in [0.3, 0.4) is 0 Å². The van der Waals surface area contributed by atoms with Crippen LogP contribution in [0.1, 0.15) is 20.8 Å². The summed E-state index contributed by atoms with van der Waals surface area (Å²) in [4.78, 5) is 34.1. The lowest BCUT2D eigenvalue weighted by Gasteiger charge is -2.35. The highest BCUT2D eigenvalue weighted by Crippen LogP contribution is 2.44. The Morgan fingerprint density at radius 3 is 2.00 bits per heavy atom. The molecule has 0 aromatic rings. The minimum absolute atomic E-state index is 0.455. The molecule has 108 valence electrons. The first kappa shape index (κ1) is 16.2. The number of esters is 1. The number of hydrogen-bond donors (Lipinski definition) is 2. The molecule has 8 heteroatoms. The molecule has 7 nitrogen and oxygen atoms in total. The van der Waals surface area contributed by atoms with Crippen molar-refractivity contribution in [1.29, 1.82) is 0 Å². The molecule has 0 radical (unpaired) electrons. The second kappa shape index (κ2) is 5.28. The molecule has 1 unspecified atom stereocenters. The Kier molecular flexibility index (Phi) is 4.51. The average molecular weight is 339 g/mol. The molecule has 0 aromatic carbocycles. The highest BCUT2D eigenvalue weighted by Gasteiger charge is 2.70. The molecule has 1 aliphatic rings. The number of ketones is 2. The summed E-state index contributed by atoms with van der Waals surface area (Å²) in [7, 11) is 0. The lowest BCUT2D eigenvalue weighted by molar-refractivity contribution is -0.178. The van der Waals surface area contributed by atoms with E-state index in [2.05, 4.69) is 20.7 Å². The fourth-order valence-corrected chi connectivity index (χ4v) is 2.97.